The fourth-order valence-corrected chi connectivity index (χ4v) is 3.79. The average molecular weight is 273 g/mol. The highest BCUT2D eigenvalue weighted by Crippen LogP contribution is 2.17. The first kappa shape index (κ1) is 13.4. The van der Waals surface area contributed by atoms with Crippen LogP contribution in [0.5, 0.6) is 0 Å². The number of nitrogens with one attached hydrogen (secondary N) is 1. The molecule has 0 amide bonds. The number of hydrogen-bond donors (Lipinski definition) is 1. The van der Waals surface area contributed by atoms with Gasteiger partial charge in [0.25, 0.3) is 0 Å². The molecule has 7 heteroatoms. The van der Waals surface area contributed by atoms with Gasteiger partial charge in [0.15, 0.2) is 9.84 Å². The van der Waals surface area contributed by atoms with Gasteiger partial charge in [0.2, 0.25) is 5.95 Å². The van der Waals surface area contributed by atoms with Crippen molar-refractivity contribution >= 4 is 15.8 Å². The van der Waals surface area contributed by atoms with E-state index < -0.39 is 9.84 Å². The minimum Gasteiger partial charge on any atom is -0.383 e. The minimum atomic E-state index is -2.86. The number of aromatic nitrogens is 2. The summed E-state index contributed by atoms with van der Waals surface area (Å²) in [6, 6.07) is -0.0295. The Bertz CT molecular complexity index is 510. The summed E-state index contributed by atoms with van der Waals surface area (Å²) in [6.07, 6.45) is 2.59. The lowest BCUT2D eigenvalue weighted by Crippen LogP contribution is -2.23. The normalized spacial score (nSPS) is 22.2. The van der Waals surface area contributed by atoms with E-state index in [0.29, 0.717) is 19.6 Å². The van der Waals surface area contributed by atoms with Crippen LogP contribution in [0.3, 0.4) is 0 Å². The molecule has 0 bridgehead atoms. The molecule has 18 heavy (non-hydrogen) atoms. The summed E-state index contributed by atoms with van der Waals surface area (Å²) in [7, 11) is -1.21. The van der Waals surface area contributed by atoms with E-state index in [1.165, 1.54) is 0 Å². The summed E-state index contributed by atoms with van der Waals surface area (Å²) < 4.78 is 29.8. The summed E-state index contributed by atoms with van der Waals surface area (Å²) in [6.45, 7) is 3.23. The first-order valence-corrected chi connectivity index (χ1v) is 7.82. The molecule has 1 aliphatic rings. The molecule has 1 N–H and O–H groups in total. The van der Waals surface area contributed by atoms with Crippen molar-refractivity contribution in [1.29, 1.82) is 0 Å². The van der Waals surface area contributed by atoms with E-state index in [0.717, 1.165) is 11.6 Å². The first-order chi connectivity index (χ1) is 8.50. The van der Waals surface area contributed by atoms with Gasteiger partial charge in [0, 0.05) is 25.9 Å². The predicted molar refractivity (Wildman–Crippen MR) is 69.5 cm³/mol. The number of aryl methyl sites for hydroxylation is 1. The SMILES string of the molecule is COCCn1cc(C)nc1NC1CCS(=O)(=O)C1. The molecule has 1 aliphatic heterocycles. The van der Waals surface area contributed by atoms with E-state index in [1.807, 2.05) is 17.7 Å². The Morgan fingerprint density at radius 1 is 1.61 bits per heavy atom. The van der Waals surface area contributed by atoms with Crippen molar-refractivity contribution in [1.82, 2.24) is 9.55 Å². The number of methoxy groups -OCH3 is 1. The summed E-state index contributed by atoms with van der Waals surface area (Å²) in [4.78, 5) is 4.38. The maximum absolute atomic E-state index is 11.4. The van der Waals surface area contributed by atoms with Gasteiger partial charge < -0.3 is 14.6 Å². The third-order valence-electron chi connectivity index (χ3n) is 3.00. The Labute approximate surface area is 107 Å². The number of hydrogen-bond acceptors (Lipinski definition) is 5. The molecule has 1 atom stereocenters. The second-order valence-corrected chi connectivity index (χ2v) is 6.87. The van der Waals surface area contributed by atoms with Crippen LogP contribution in [0.2, 0.25) is 0 Å². The highest BCUT2D eigenvalue weighted by atomic mass is 32.2. The Kier molecular flexibility index (Phi) is 3.91. The highest BCUT2D eigenvalue weighted by Gasteiger charge is 2.28. The van der Waals surface area contributed by atoms with Crippen LogP contribution in [-0.4, -0.2) is 49.2 Å². The van der Waals surface area contributed by atoms with Crippen LogP contribution < -0.4 is 5.32 Å². The van der Waals surface area contributed by atoms with Crippen LogP contribution in [-0.2, 0) is 21.1 Å². The Morgan fingerprint density at radius 2 is 2.39 bits per heavy atom. The fraction of sp³-hybridized carbons (Fsp3) is 0.727. The standard InChI is InChI=1S/C11H19N3O3S/c1-9-7-14(4-5-17-2)11(12-9)13-10-3-6-18(15,16)8-10/h7,10H,3-6,8H2,1-2H3,(H,12,13). The molecule has 2 rings (SSSR count). The lowest BCUT2D eigenvalue weighted by Gasteiger charge is -2.13. The van der Waals surface area contributed by atoms with E-state index in [9.17, 15) is 8.42 Å². The van der Waals surface area contributed by atoms with Crippen molar-refractivity contribution in [2.24, 2.45) is 0 Å². The molecule has 102 valence electrons. The molecule has 1 aromatic rings. The van der Waals surface area contributed by atoms with Crippen LogP contribution >= 0.6 is 0 Å². The molecule has 1 aromatic heterocycles. The topological polar surface area (TPSA) is 73.2 Å². The zero-order valence-corrected chi connectivity index (χ0v) is 11.5. The summed E-state index contributed by atoms with van der Waals surface area (Å²) in [5.74, 6) is 1.19. The van der Waals surface area contributed by atoms with Crippen molar-refractivity contribution < 1.29 is 13.2 Å². The first-order valence-electron chi connectivity index (χ1n) is 6.00. The lowest BCUT2D eigenvalue weighted by molar-refractivity contribution is 0.187. The van der Waals surface area contributed by atoms with Crippen molar-refractivity contribution in [2.75, 3.05) is 30.5 Å². The molecule has 2 heterocycles. The van der Waals surface area contributed by atoms with Gasteiger partial charge in [0.05, 0.1) is 23.8 Å². The van der Waals surface area contributed by atoms with E-state index in [4.69, 9.17) is 4.74 Å². The minimum absolute atomic E-state index is 0.0295. The van der Waals surface area contributed by atoms with Crippen LogP contribution in [0.25, 0.3) is 0 Å². The Hall–Kier alpha value is -1.08. The summed E-state index contributed by atoms with van der Waals surface area (Å²) in [5, 5.41) is 3.21. The molecular formula is C11H19N3O3S. The van der Waals surface area contributed by atoms with Gasteiger partial charge in [-0.3, -0.25) is 0 Å². The van der Waals surface area contributed by atoms with Gasteiger partial charge in [-0.2, -0.15) is 0 Å². The van der Waals surface area contributed by atoms with Crippen molar-refractivity contribution in [3.8, 4) is 0 Å². The number of ether oxygens (including phenoxy) is 1. The third kappa shape index (κ3) is 3.23. The molecule has 0 spiro atoms. The van der Waals surface area contributed by atoms with Gasteiger partial charge in [-0.1, -0.05) is 0 Å². The van der Waals surface area contributed by atoms with E-state index in [1.54, 1.807) is 7.11 Å². The quantitative estimate of drug-likeness (QED) is 0.842. The molecule has 0 aliphatic carbocycles. The smallest absolute Gasteiger partial charge is 0.203 e. The lowest BCUT2D eigenvalue weighted by atomic mass is 10.3. The van der Waals surface area contributed by atoms with Crippen LogP contribution in [0, 0.1) is 6.92 Å². The van der Waals surface area contributed by atoms with Crippen LogP contribution in [0.1, 0.15) is 12.1 Å². The molecular weight excluding hydrogens is 254 g/mol. The summed E-state index contributed by atoms with van der Waals surface area (Å²) in [5.41, 5.74) is 0.912. The maximum Gasteiger partial charge on any atom is 0.203 e. The van der Waals surface area contributed by atoms with Gasteiger partial charge >= 0.3 is 0 Å². The largest absolute Gasteiger partial charge is 0.383 e. The van der Waals surface area contributed by atoms with Gasteiger partial charge in [-0.15, -0.1) is 0 Å². The predicted octanol–water partition coefficient (Wildman–Crippen LogP) is 0.437. The monoisotopic (exact) mass is 273 g/mol. The zero-order chi connectivity index (χ0) is 13.2. The molecule has 1 unspecified atom stereocenters. The molecule has 0 saturated carbocycles. The van der Waals surface area contributed by atoms with Gasteiger partial charge in [0.1, 0.15) is 0 Å². The molecule has 1 fully saturated rings. The molecule has 6 nitrogen and oxygen atoms in total. The van der Waals surface area contributed by atoms with Crippen molar-refractivity contribution in [2.45, 2.75) is 25.9 Å². The maximum atomic E-state index is 11.4. The molecule has 0 aromatic carbocycles. The number of sulfone groups is 1. The van der Waals surface area contributed by atoms with Crippen molar-refractivity contribution in [3.05, 3.63) is 11.9 Å². The van der Waals surface area contributed by atoms with E-state index in [-0.39, 0.29) is 17.5 Å². The second-order valence-electron chi connectivity index (χ2n) is 4.64. The number of rotatable bonds is 5. The fourth-order valence-electron chi connectivity index (χ4n) is 2.11. The van der Waals surface area contributed by atoms with Gasteiger partial charge in [-0.25, -0.2) is 13.4 Å². The average Bonchev–Trinajstić information content (AvgIpc) is 2.79. The second kappa shape index (κ2) is 5.27. The number of anilines is 1. The van der Waals surface area contributed by atoms with E-state index in [2.05, 4.69) is 10.3 Å². The Balaban J connectivity index is 2.04. The van der Waals surface area contributed by atoms with Crippen LogP contribution in [0.4, 0.5) is 5.95 Å². The van der Waals surface area contributed by atoms with Crippen LogP contribution in [0.15, 0.2) is 6.20 Å². The van der Waals surface area contributed by atoms with E-state index >= 15 is 0 Å². The molecule has 1 saturated heterocycles. The van der Waals surface area contributed by atoms with Gasteiger partial charge in [-0.05, 0) is 13.3 Å². The highest BCUT2D eigenvalue weighted by molar-refractivity contribution is 7.91. The Morgan fingerprint density at radius 3 is 3.00 bits per heavy atom. The number of nitrogens with zero attached hydrogens (tertiary/aromatic N) is 2. The zero-order valence-electron chi connectivity index (χ0n) is 10.7. The summed E-state index contributed by atoms with van der Waals surface area (Å²) >= 11 is 0. The number of imidazole rings is 1. The van der Waals surface area contributed by atoms with Crippen molar-refractivity contribution in [3.63, 3.8) is 0 Å². The third-order valence-corrected chi connectivity index (χ3v) is 4.77. The molecule has 0 radical (unpaired) electrons.